The van der Waals surface area contributed by atoms with E-state index in [0.717, 1.165) is 30.4 Å². The van der Waals surface area contributed by atoms with Crippen LogP contribution in [0.3, 0.4) is 0 Å². The first-order chi connectivity index (χ1) is 10.7. The van der Waals surface area contributed by atoms with E-state index in [9.17, 15) is 0 Å². The lowest BCUT2D eigenvalue weighted by Gasteiger charge is -2.17. The van der Waals surface area contributed by atoms with E-state index < -0.39 is 0 Å². The zero-order valence-corrected chi connectivity index (χ0v) is 12.2. The highest BCUT2D eigenvalue weighted by Crippen LogP contribution is 2.35. The first-order valence-electron chi connectivity index (χ1n) is 7.55. The van der Waals surface area contributed by atoms with Gasteiger partial charge in [0.2, 0.25) is 0 Å². The summed E-state index contributed by atoms with van der Waals surface area (Å²) in [7, 11) is 0. The number of hydrogen-bond donors (Lipinski definition) is 3. The van der Waals surface area contributed by atoms with Crippen molar-refractivity contribution in [3.63, 3.8) is 0 Å². The van der Waals surface area contributed by atoms with Gasteiger partial charge in [-0.05, 0) is 37.5 Å². The van der Waals surface area contributed by atoms with Crippen LogP contribution in [0.1, 0.15) is 25.3 Å². The molecule has 0 saturated heterocycles. The average Bonchev–Trinajstić information content (AvgIpc) is 3.25. The molecule has 0 aliphatic heterocycles. The molecule has 1 saturated carbocycles. The number of fused-ring (bicyclic) bond motifs is 1. The van der Waals surface area contributed by atoms with Gasteiger partial charge in [-0.2, -0.15) is 0 Å². The lowest BCUT2D eigenvalue weighted by molar-refractivity contribution is 0.510. The van der Waals surface area contributed by atoms with E-state index in [1.807, 2.05) is 18.2 Å². The van der Waals surface area contributed by atoms with E-state index in [4.69, 9.17) is 10.8 Å². The van der Waals surface area contributed by atoms with Crippen LogP contribution in [0.15, 0.2) is 43.0 Å². The molecule has 3 heterocycles. The molecule has 4 rings (SSSR count). The molecule has 3 aromatic heterocycles. The van der Waals surface area contributed by atoms with Crippen molar-refractivity contribution in [3.8, 4) is 0 Å². The summed E-state index contributed by atoms with van der Waals surface area (Å²) in [6.07, 6.45) is 10.5. The molecular formula is C16H18N6. The molecule has 0 spiro atoms. The smallest absolute Gasteiger partial charge is 0.154 e. The summed E-state index contributed by atoms with van der Waals surface area (Å²) in [5.74, 6) is 0.689. The Morgan fingerprint density at radius 3 is 2.91 bits per heavy atom. The first kappa shape index (κ1) is 13.1. The lowest BCUT2D eigenvalue weighted by atomic mass is 10.1. The van der Waals surface area contributed by atoms with Gasteiger partial charge < -0.3 is 9.55 Å². The number of nitrogens with zero attached hydrogens (tertiary/aromatic N) is 3. The minimum atomic E-state index is 0.182. The van der Waals surface area contributed by atoms with Crippen LogP contribution >= 0.6 is 0 Å². The molecule has 1 aliphatic carbocycles. The topological polar surface area (TPSA) is 86.2 Å². The Bertz CT molecular complexity index is 870. The van der Waals surface area contributed by atoms with Crippen molar-refractivity contribution in [2.75, 3.05) is 0 Å². The number of nitrogens with one attached hydrogen (secondary N) is 3. The highest BCUT2D eigenvalue weighted by molar-refractivity contribution is 5.91. The highest BCUT2D eigenvalue weighted by Gasteiger charge is 2.29. The van der Waals surface area contributed by atoms with E-state index in [1.165, 1.54) is 6.20 Å². The van der Waals surface area contributed by atoms with Crippen LogP contribution in [0.25, 0.3) is 11.2 Å². The van der Waals surface area contributed by atoms with Crippen molar-refractivity contribution >= 4 is 17.0 Å². The van der Waals surface area contributed by atoms with Crippen molar-refractivity contribution in [3.05, 3.63) is 48.5 Å². The maximum Gasteiger partial charge on any atom is 0.154 e. The molecule has 112 valence electrons. The molecule has 1 aliphatic rings. The fraction of sp³-hybridized carbons (Fsp3) is 0.312. The van der Waals surface area contributed by atoms with Crippen molar-refractivity contribution in [1.29, 1.82) is 10.8 Å². The lowest BCUT2D eigenvalue weighted by Crippen LogP contribution is -2.31. The molecule has 6 nitrogen and oxygen atoms in total. The van der Waals surface area contributed by atoms with Gasteiger partial charge in [-0.1, -0.05) is 0 Å². The van der Waals surface area contributed by atoms with E-state index in [1.54, 1.807) is 10.8 Å². The maximum atomic E-state index is 8.60. The molecule has 3 aromatic rings. The number of aromatic nitrogens is 4. The fourth-order valence-electron chi connectivity index (χ4n) is 3.46. The van der Waals surface area contributed by atoms with Gasteiger partial charge in [0, 0.05) is 30.6 Å². The van der Waals surface area contributed by atoms with Crippen LogP contribution in [0.4, 0.5) is 0 Å². The summed E-state index contributed by atoms with van der Waals surface area (Å²) < 4.78 is 3.94. The Labute approximate surface area is 127 Å². The second kappa shape index (κ2) is 4.98. The van der Waals surface area contributed by atoms with E-state index in [2.05, 4.69) is 26.9 Å². The van der Waals surface area contributed by atoms with Crippen molar-refractivity contribution in [1.82, 2.24) is 19.1 Å². The molecule has 22 heavy (non-hydrogen) atoms. The molecule has 1 fully saturated rings. The Hall–Kier alpha value is -2.63. The van der Waals surface area contributed by atoms with Crippen LogP contribution < -0.4 is 5.49 Å². The Morgan fingerprint density at radius 1 is 1.27 bits per heavy atom. The zero-order valence-electron chi connectivity index (χ0n) is 12.2. The third-order valence-electron chi connectivity index (χ3n) is 4.58. The van der Waals surface area contributed by atoms with Gasteiger partial charge >= 0.3 is 0 Å². The molecular weight excluding hydrogens is 276 g/mol. The van der Waals surface area contributed by atoms with Crippen LogP contribution in [0.5, 0.6) is 0 Å². The largest absolute Gasteiger partial charge is 0.351 e. The third-order valence-corrected chi connectivity index (χ3v) is 4.58. The highest BCUT2D eigenvalue weighted by atomic mass is 15.1. The van der Waals surface area contributed by atoms with Gasteiger partial charge in [0.15, 0.2) is 5.65 Å². The Balaban J connectivity index is 1.66. The van der Waals surface area contributed by atoms with Crippen molar-refractivity contribution < 1.29 is 0 Å². The number of aromatic amines is 1. The van der Waals surface area contributed by atoms with Crippen molar-refractivity contribution in [2.24, 2.45) is 5.92 Å². The van der Waals surface area contributed by atoms with Gasteiger partial charge in [0.25, 0.3) is 0 Å². The Morgan fingerprint density at radius 2 is 2.09 bits per heavy atom. The fourth-order valence-corrected chi connectivity index (χ4v) is 3.46. The van der Waals surface area contributed by atoms with Crippen molar-refractivity contribution in [2.45, 2.75) is 25.3 Å². The SMILES string of the molecule is N=C([C@@H]1CC[C@H](n2cccc2)C1)n1c(=N)cnc2[nH]ccc21. The molecule has 0 aromatic carbocycles. The van der Waals surface area contributed by atoms with Gasteiger partial charge in [0.05, 0.1) is 11.7 Å². The molecule has 0 radical (unpaired) electrons. The standard InChI is InChI=1S/C16H18N6/c17-14-10-20-16-13(5-6-19-16)22(14)15(18)11-3-4-12(9-11)21-7-1-2-8-21/h1-2,5-8,10-12,17-19H,3-4,9H2/t11-,12+/m1/s1. The van der Waals surface area contributed by atoms with E-state index in [-0.39, 0.29) is 11.4 Å². The predicted molar refractivity (Wildman–Crippen MR) is 83.9 cm³/mol. The third kappa shape index (κ3) is 1.99. The zero-order chi connectivity index (χ0) is 15.1. The van der Waals surface area contributed by atoms with Gasteiger partial charge in [-0.25, -0.2) is 4.98 Å². The molecule has 0 unspecified atom stereocenters. The van der Waals surface area contributed by atoms with Gasteiger partial charge in [-0.3, -0.25) is 15.4 Å². The first-order valence-corrected chi connectivity index (χ1v) is 7.55. The van der Waals surface area contributed by atoms with Gasteiger partial charge in [-0.15, -0.1) is 0 Å². The number of H-pyrrole nitrogens is 1. The second-order valence-electron chi connectivity index (χ2n) is 5.87. The molecule has 6 heteroatoms. The quantitative estimate of drug-likeness (QED) is 0.492. The van der Waals surface area contributed by atoms with Crippen LogP contribution in [-0.2, 0) is 0 Å². The second-order valence-corrected chi connectivity index (χ2v) is 5.87. The summed E-state index contributed by atoms with van der Waals surface area (Å²) >= 11 is 0. The molecule has 0 bridgehead atoms. The molecule has 2 atom stereocenters. The van der Waals surface area contributed by atoms with E-state index in [0.29, 0.717) is 11.9 Å². The predicted octanol–water partition coefficient (Wildman–Crippen LogP) is 2.51. The van der Waals surface area contributed by atoms with Gasteiger partial charge in [0.1, 0.15) is 11.3 Å². The van der Waals surface area contributed by atoms with Crippen LogP contribution in [0.2, 0.25) is 0 Å². The monoisotopic (exact) mass is 294 g/mol. The number of hydrogen-bond acceptors (Lipinski definition) is 3. The minimum absolute atomic E-state index is 0.182. The van der Waals surface area contributed by atoms with Crippen LogP contribution in [-0.4, -0.2) is 24.9 Å². The number of rotatable bonds is 2. The summed E-state index contributed by atoms with van der Waals surface area (Å²) in [6, 6.07) is 6.43. The normalized spacial score (nSPS) is 21.5. The summed E-state index contributed by atoms with van der Waals surface area (Å²) in [6.45, 7) is 0. The van der Waals surface area contributed by atoms with E-state index >= 15 is 0 Å². The Kier molecular flexibility index (Phi) is 2.96. The summed E-state index contributed by atoms with van der Waals surface area (Å²) in [4.78, 5) is 7.25. The van der Waals surface area contributed by atoms with Crippen LogP contribution in [0, 0.1) is 16.7 Å². The maximum absolute atomic E-state index is 8.60. The molecule has 3 N–H and O–H groups in total. The average molecular weight is 294 g/mol. The summed E-state index contributed by atoms with van der Waals surface area (Å²) in [5, 5.41) is 16.7. The summed E-state index contributed by atoms with van der Waals surface area (Å²) in [5.41, 5.74) is 1.80. The molecule has 0 amide bonds. The minimum Gasteiger partial charge on any atom is -0.351 e.